The lowest BCUT2D eigenvalue weighted by Crippen LogP contribution is -2.13. The van der Waals surface area contributed by atoms with Crippen LogP contribution in [0.1, 0.15) is 13.8 Å². The highest BCUT2D eigenvalue weighted by Crippen LogP contribution is 2.04. The van der Waals surface area contributed by atoms with E-state index in [9.17, 15) is 8.42 Å². The lowest BCUT2D eigenvalue weighted by molar-refractivity contribution is 0.597. The van der Waals surface area contributed by atoms with Gasteiger partial charge in [-0.15, -0.1) is 6.58 Å². The van der Waals surface area contributed by atoms with Crippen LogP contribution in [0, 0.1) is 5.75 Å². The molecule has 0 saturated heterocycles. The monoisotopic (exact) mass is 147 g/mol. The minimum atomic E-state index is -2.99. The van der Waals surface area contributed by atoms with Crippen LogP contribution in [0.25, 0.3) is 0 Å². The third kappa shape index (κ3) is 2.10. The van der Waals surface area contributed by atoms with E-state index in [-0.39, 0.29) is 0 Å². The molecule has 0 bridgehead atoms. The van der Waals surface area contributed by atoms with Crippen molar-refractivity contribution in [3.8, 4) is 0 Å². The Morgan fingerprint density at radius 3 is 2.22 bits per heavy atom. The highest BCUT2D eigenvalue weighted by molar-refractivity contribution is 7.94. The van der Waals surface area contributed by atoms with Gasteiger partial charge in [0.2, 0.25) is 0 Å². The second kappa shape index (κ2) is 2.92. The molecule has 0 rings (SSSR count). The molecule has 0 N–H and O–H groups in total. The van der Waals surface area contributed by atoms with Gasteiger partial charge >= 0.3 is 0 Å². The van der Waals surface area contributed by atoms with E-state index in [2.05, 4.69) is 6.58 Å². The Hall–Kier alpha value is -0.440. The summed E-state index contributed by atoms with van der Waals surface area (Å²) in [6.45, 7) is 6.48. The van der Waals surface area contributed by atoms with Gasteiger partial charge in [0.15, 0.2) is 5.75 Å². The van der Waals surface area contributed by atoms with Crippen LogP contribution < -0.4 is 0 Å². The predicted octanol–water partition coefficient (Wildman–Crippen LogP) is 1.16. The van der Waals surface area contributed by atoms with Crippen LogP contribution in [0.5, 0.6) is 0 Å². The molecule has 0 saturated carbocycles. The largest absolute Gasteiger partial charge is 0.298 e. The van der Waals surface area contributed by atoms with Gasteiger partial charge in [-0.25, -0.2) is 0 Å². The average Bonchev–Trinajstić information content (AvgIpc) is 1.86. The van der Waals surface area contributed by atoms with E-state index in [1.165, 1.54) is 18.8 Å². The van der Waals surface area contributed by atoms with Crippen molar-refractivity contribution in [3.05, 3.63) is 18.4 Å². The molecule has 1 atom stereocenters. The molecule has 0 aromatic rings. The molecule has 0 heterocycles. The zero-order valence-electron chi connectivity index (χ0n) is 5.66. The second-order valence-electron chi connectivity index (χ2n) is 1.77. The lowest BCUT2D eigenvalue weighted by atomic mass is 10.5. The van der Waals surface area contributed by atoms with Gasteiger partial charge in [-0.2, -0.15) is 8.42 Å². The fraction of sp³-hybridized carbons (Fsp3) is 0.500. The molecule has 9 heavy (non-hydrogen) atoms. The minimum absolute atomic E-state index is 0.456. The third-order valence-electron chi connectivity index (χ3n) is 1.18. The van der Waals surface area contributed by atoms with Crippen LogP contribution in [0.4, 0.5) is 0 Å². The Morgan fingerprint density at radius 1 is 1.67 bits per heavy atom. The summed E-state index contributed by atoms with van der Waals surface area (Å²) in [7, 11) is -2.99. The van der Waals surface area contributed by atoms with E-state index < -0.39 is 15.1 Å². The van der Waals surface area contributed by atoms with E-state index in [1.807, 2.05) is 0 Å². The molecular weight excluding hydrogens is 136 g/mol. The van der Waals surface area contributed by atoms with E-state index in [0.717, 1.165) is 0 Å². The van der Waals surface area contributed by atoms with Gasteiger partial charge in [-0.3, -0.25) is 0 Å². The summed E-state index contributed by atoms with van der Waals surface area (Å²) in [5.41, 5.74) is 0. The Balaban J connectivity index is 4.34. The van der Waals surface area contributed by atoms with Crippen molar-refractivity contribution in [2.75, 3.05) is 0 Å². The normalized spacial score (nSPS) is 14.4. The summed E-state index contributed by atoms with van der Waals surface area (Å²) in [6.07, 6.45) is 1.41. The van der Waals surface area contributed by atoms with Crippen molar-refractivity contribution in [2.45, 2.75) is 19.1 Å². The number of hydrogen-bond donors (Lipinski definition) is 0. The molecule has 3 heteroatoms. The highest BCUT2D eigenvalue weighted by atomic mass is 32.2. The quantitative estimate of drug-likeness (QED) is 0.443. The first-order chi connectivity index (χ1) is 4.04. The highest BCUT2D eigenvalue weighted by Gasteiger charge is 2.22. The predicted molar refractivity (Wildman–Crippen MR) is 38.6 cm³/mol. The summed E-state index contributed by atoms with van der Waals surface area (Å²) in [5.74, 6) is 1.19. The van der Waals surface area contributed by atoms with E-state index in [4.69, 9.17) is 0 Å². The maximum atomic E-state index is 10.8. The first-order valence-corrected chi connectivity index (χ1v) is 4.31. The Kier molecular flexibility index (Phi) is 2.77. The lowest BCUT2D eigenvalue weighted by Gasteiger charge is -1.95. The van der Waals surface area contributed by atoms with Crippen LogP contribution in [0.3, 0.4) is 0 Å². The molecule has 2 nitrogen and oxygen atoms in total. The van der Waals surface area contributed by atoms with Gasteiger partial charge < -0.3 is 0 Å². The van der Waals surface area contributed by atoms with Crippen molar-refractivity contribution >= 4 is 9.84 Å². The maximum Gasteiger partial charge on any atom is 0.298 e. The average molecular weight is 147 g/mol. The fourth-order valence-electron chi connectivity index (χ4n) is 0.349. The van der Waals surface area contributed by atoms with Crippen molar-refractivity contribution in [3.63, 3.8) is 0 Å². The number of rotatable bonds is 3. The van der Waals surface area contributed by atoms with Crippen molar-refractivity contribution in [1.82, 2.24) is 0 Å². The molecule has 52 valence electrons. The zero-order chi connectivity index (χ0) is 7.49. The van der Waals surface area contributed by atoms with Gasteiger partial charge in [-0.05, 0) is 6.92 Å². The van der Waals surface area contributed by atoms with Gasteiger partial charge in [0.05, 0.1) is 6.92 Å². The van der Waals surface area contributed by atoms with Crippen molar-refractivity contribution in [1.29, 1.82) is 0 Å². The van der Waals surface area contributed by atoms with Crippen LogP contribution in [-0.4, -0.2) is 13.7 Å². The SMILES string of the molecule is C=CC(C)S(=O)(=O)[CH+]C. The summed E-state index contributed by atoms with van der Waals surface area (Å²) in [5, 5.41) is -0.456. The molecule has 0 radical (unpaired) electrons. The fourth-order valence-corrected chi connectivity index (χ4v) is 1.05. The molecule has 0 spiro atoms. The summed E-state index contributed by atoms with van der Waals surface area (Å²) in [6, 6.07) is 0. The number of sulfone groups is 1. The molecule has 1 unspecified atom stereocenters. The molecule has 0 aromatic carbocycles. The van der Waals surface area contributed by atoms with E-state index in [0.29, 0.717) is 0 Å². The summed E-state index contributed by atoms with van der Waals surface area (Å²) >= 11 is 0. The Labute approximate surface area is 56.5 Å². The van der Waals surface area contributed by atoms with Gasteiger partial charge in [-0.1, -0.05) is 6.08 Å². The Bertz CT molecular complexity index is 179. The topological polar surface area (TPSA) is 34.1 Å². The van der Waals surface area contributed by atoms with Gasteiger partial charge in [0, 0.05) is 0 Å². The molecule has 0 aromatic heterocycles. The number of hydrogen-bond acceptors (Lipinski definition) is 2. The summed E-state index contributed by atoms with van der Waals surface area (Å²) in [4.78, 5) is 0. The van der Waals surface area contributed by atoms with Gasteiger partial charge in [0.1, 0.15) is 5.25 Å². The van der Waals surface area contributed by atoms with Crippen molar-refractivity contribution < 1.29 is 8.42 Å². The standard InChI is InChI=1S/C6H11O2S/c1-4-6(3)9(7,8)5-2/h4-6H,1H2,2-3H3/q+1. The molecule has 0 aliphatic rings. The molecule has 0 aliphatic carbocycles. The minimum Gasteiger partial charge on any atom is -0.182 e. The first-order valence-electron chi connectivity index (χ1n) is 2.70. The van der Waals surface area contributed by atoms with E-state index >= 15 is 0 Å². The van der Waals surface area contributed by atoms with Gasteiger partial charge in [0.25, 0.3) is 9.84 Å². The first kappa shape index (κ1) is 8.56. The second-order valence-corrected chi connectivity index (χ2v) is 4.16. The smallest absolute Gasteiger partial charge is 0.182 e. The Morgan fingerprint density at radius 2 is 2.11 bits per heavy atom. The van der Waals surface area contributed by atoms with E-state index in [1.54, 1.807) is 6.92 Å². The molecule has 0 fully saturated rings. The van der Waals surface area contributed by atoms with Crippen molar-refractivity contribution in [2.24, 2.45) is 0 Å². The molecular formula is C6H11O2S+. The van der Waals surface area contributed by atoms with Crippen LogP contribution in [0.15, 0.2) is 12.7 Å². The third-order valence-corrected chi connectivity index (χ3v) is 3.06. The van der Waals surface area contributed by atoms with Crippen LogP contribution >= 0.6 is 0 Å². The molecule has 0 amide bonds. The maximum absolute atomic E-state index is 10.8. The summed E-state index contributed by atoms with van der Waals surface area (Å²) < 4.78 is 21.6. The van der Waals surface area contributed by atoms with Crippen LogP contribution in [-0.2, 0) is 9.84 Å². The zero-order valence-corrected chi connectivity index (χ0v) is 6.48. The van der Waals surface area contributed by atoms with Crippen LogP contribution in [0.2, 0.25) is 0 Å². The molecule has 0 aliphatic heterocycles.